The lowest BCUT2D eigenvalue weighted by Crippen LogP contribution is -2.63. The van der Waals surface area contributed by atoms with Gasteiger partial charge in [0.2, 0.25) is 0 Å². The van der Waals surface area contributed by atoms with E-state index in [1.165, 1.54) is 11.1 Å². The van der Waals surface area contributed by atoms with Gasteiger partial charge in [-0.3, -0.25) is 20.3 Å². The van der Waals surface area contributed by atoms with E-state index in [-0.39, 0.29) is 11.6 Å². The third-order valence-electron chi connectivity index (χ3n) is 5.17. The zero-order valence-electron chi connectivity index (χ0n) is 15.9. The number of benzene rings is 3. The summed E-state index contributed by atoms with van der Waals surface area (Å²) in [4.78, 5) is 30.4. The molecule has 2 aliphatic rings. The van der Waals surface area contributed by atoms with E-state index in [2.05, 4.69) is 5.43 Å². The first-order valence-corrected chi connectivity index (χ1v) is 10.7. The lowest BCUT2D eigenvalue weighted by molar-refractivity contribution is -0.386. The third-order valence-corrected chi connectivity index (χ3v) is 6.73. The standard InChI is InChI=1S/C22H15ClN4O3S/c23-19-20(13-7-1-4-10-16(13)27(29)30)26(22(19)28)25-21-14-8-2-5-11-17(14)31-18-12-6-3-9-15(18)24-21/h1-12,19-20H,(H,24,25)/t19-,20+/m1/s1. The molecule has 1 fully saturated rings. The highest BCUT2D eigenvalue weighted by Gasteiger charge is 2.50. The molecule has 0 aromatic heterocycles. The van der Waals surface area contributed by atoms with Crippen molar-refractivity contribution in [3.63, 3.8) is 0 Å². The number of β-lactam (4-membered cyclic amide) rings is 1. The lowest BCUT2D eigenvalue weighted by Gasteiger charge is -2.44. The van der Waals surface area contributed by atoms with E-state index in [0.717, 1.165) is 21.0 Å². The van der Waals surface area contributed by atoms with Gasteiger partial charge in [-0.25, -0.2) is 10.0 Å². The van der Waals surface area contributed by atoms with Gasteiger partial charge < -0.3 is 0 Å². The fourth-order valence-corrected chi connectivity index (χ4v) is 5.04. The summed E-state index contributed by atoms with van der Waals surface area (Å²) in [6.45, 7) is 0. The quantitative estimate of drug-likeness (QED) is 0.267. The first-order chi connectivity index (χ1) is 15.0. The van der Waals surface area contributed by atoms with Gasteiger partial charge in [0, 0.05) is 21.4 Å². The summed E-state index contributed by atoms with van der Waals surface area (Å²) in [5.41, 5.74) is 4.99. The van der Waals surface area contributed by atoms with Crippen LogP contribution in [0.15, 0.2) is 87.6 Å². The number of amidine groups is 1. The summed E-state index contributed by atoms with van der Waals surface area (Å²) in [7, 11) is 0. The average Bonchev–Trinajstić information content (AvgIpc) is 2.95. The Labute approximate surface area is 186 Å². The molecule has 0 spiro atoms. The molecule has 0 unspecified atom stereocenters. The Hall–Kier alpha value is -3.36. The van der Waals surface area contributed by atoms with Crippen LogP contribution in [0.3, 0.4) is 0 Å². The molecule has 2 heterocycles. The van der Waals surface area contributed by atoms with Gasteiger partial charge in [-0.2, -0.15) is 0 Å². The number of hydrogen-bond acceptors (Lipinski definition) is 6. The maximum absolute atomic E-state index is 12.6. The zero-order chi connectivity index (χ0) is 21.5. The van der Waals surface area contributed by atoms with Crippen LogP contribution < -0.4 is 5.43 Å². The van der Waals surface area contributed by atoms with Gasteiger partial charge in [0.1, 0.15) is 11.4 Å². The van der Waals surface area contributed by atoms with Gasteiger partial charge >= 0.3 is 0 Å². The number of carbonyl (C=O) groups excluding carboxylic acids is 1. The minimum atomic E-state index is -0.906. The van der Waals surface area contributed by atoms with Gasteiger partial charge in [0.05, 0.1) is 16.2 Å². The number of para-hydroxylation sites is 2. The van der Waals surface area contributed by atoms with Crippen molar-refractivity contribution in [3.8, 4) is 0 Å². The molecule has 7 nitrogen and oxygen atoms in total. The average molecular weight is 451 g/mol. The second kappa shape index (κ2) is 7.72. The Balaban J connectivity index is 1.56. The normalized spacial score (nSPS) is 19.5. The second-order valence-electron chi connectivity index (χ2n) is 7.01. The molecule has 9 heteroatoms. The zero-order valence-corrected chi connectivity index (χ0v) is 17.5. The van der Waals surface area contributed by atoms with Crippen LogP contribution in [0.1, 0.15) is 17.2 Å². The summed E-state index contributed by atoms with van der Waals surface area (Å²) in [5, 5.41) is 11.9. The van der Waals surface area contributed by atoms with Crippen LogP contribution in [0.4, 0.5) is 11.4 Å². The number of hydrazine groups is 1. The Morgan fingerprint density at radius 2 is 1.68 bits per heavy atom. The van der Waals surface area contributed by atoms with Crippen molar-refractivity contribution in [2.45, 2.75) is 21.2 Å². The minimum absolute atomic E-state index is 0.0819. The summed E-state index contributed by atoms with van der Waals surface area (Å²) in [6.07, 6.45) is 0. The van der Waals surface area contributed by atoms with E-state index in [9.17, 15) is 14.9 Å². The molecule has 154 valence electrons. The number of nitrogens with one attached hydrogen (secondary N) is 1. The molecular weight excluding hydrogens is 436 g/mol. The van der Waals surface area contributed by atoms with Crippen LogP contribution in [0.25, 0.3) is 0 Å². The SMILES string of the molecule is O=C1[C@H](Cl)[C@H](c2ccccc2[N+](=O)[O-])N1NC1=Nc2ccccc2Sc2ccccc21. The fraction of sp³-hybridized carbons (Fsp3) is 0.0909. The number of carbonyl (C=O) groups is 1. The topological polar surface area (TPSA) is 87.8 Å². The number of nitrogens with zero attached hydrogens (tertiary/aromatic N) is 3. The van der Waals surface area contributed by atoms with Crippen molar-refractivity contribution in [2.75, 3.05) is 0 Å². The molecule has 2 aliphatic heterocycles. The number of rotatable bonds is 3. The van der Waals surface area contributed by atoms with Crippen molar-refractivity contribution in [1.82, 2.24) is 10.4 Å². The fourth-order valence-electron chi connectivity index (χ4n) is 3.66. The van der Waals surface area contributed by atoms with Crippen molar-refractivity contribution in [3.05, 3.63) is 94.0 Å². The summed E-state index contributed by atoms with van der Waals surface area (Å²) < 4.78 is 0. The van der Waals surface area contributed by atoms with Gasteiger partial charge in [0.15, 0.2) is 5.84 Å². The van der Waals surface area contributed by atoms with E-state index in [4.69, 9.17) is 16.6 Å². The molecular formula is C22H15ClN4O3S. The number of halogens is 1. The number of nitro benzene ring substituents is 1. The first-order valence-electron chi connectivity index (χ1n) is 9.46. The Kier molecular flexibility index (Phi) is 4.88. The van der Waals surface area contributed by atoms with Crippen LogP contribution in [0.2, 0.25) is 0 Å². The van der Waals surface area contributed by atoms with E-state index in [1.54, 1.807) is 30.0 Å². The van der Waals surface area contributed by atoms with Crippen LogP contribution in [-0.4, -0.2) is 27.1 Å². The molecule has 5 rings (SSSR count). The molecule has 0 saturated carbocycles. The molecule has 2 atom stereocenters. The number of hydrogen-bond donors (Lipinski definition) is 1. The highest BCUT2D eigenvalue weighted by Crippen LogP contribution is 2.43. The van der Waals surface area contributed by atoms with Crippen LogP contribution >= 0.6 is 23.4 Å². The number of nitro groups is 1. The van der Waals surface area contributed by atoms with Gasteiger partial charge in [-0.1, -0.05) is 54.2 Å². The predicted molar refractivity (Wildman–Crippen MR) is 119 cm³/mol. The molecule has 0 bridgehead atoms. The molecule has 1 N–H and O–H groups in total. The third kappa shape index (κ3) is 3.34. The Morgan fingerprint density at radius 3 is 2.48 bits per heavy atom. The van der Waals surface area contributed by atoms with Crippen molar-refractivity contribution in [2.24, 2.45) is 4.99 Å². The van der Waals surface area contributed by atoms with Gasteiger partial charge in [0.25, 0.3) is 11.6 Å². The van der Waals surface area contributed by atoms with E-state index < -0.39 is 16.3 Å². The molecule has 0 radical (unpaired) electrons. The Bertz CT molecular complexity index is 1250. The van der Waals surface area contributed by atoms with Crippen LogP contribution in [0, 0.1) is 10.1 Å². The Morgan fingerprint density at radius 1 is 1.00 bits per heavy atom. The predicted octanol–water partition coefficient (Wildman–Crippen LogP) is 4.83. The largest absolute Gasteiger partial charge is 0.278 e. The number of alkyl halides is 1. The molecule has 1 amide bonds. The van der Waals surface area contributed by atoms with Crippen molar-refractivity contribution in [1.29, 1.82) is 0 Å². The van der Waals surface area contributed by atoms with E-state index >= 15 is 0 Å². The molecule has 3 aromatic rings. The molecule has 31 heavy (non-hydrogen) atoms. The number of fused-ring (bicyclic) bond motifs is 2. The van der Waals surface area contributed by atoms with Crippen LogP contribution in [0.5, 0.6) is 0 Å². The van der Waals surface area contributed by atoms with Gasteiger partial charge in [-0.15, -0.1) is 11.6 Å². The van der Waals surface area contributed by atoms with E-state index in [0.29, 0.717) is 11.4 Å². The summed E-state index contributed by atoms with van der Waals surface area (Å²) >= 11 is 7.90. The van der Waals surface area contributed by atoms with E-state index in [1.807, 2.05) is 48.5 Å². The highest BCUT2D eigenvalue weighted by molar-refractivity contribution is 7.99. The minimum Gasteiger partial charge on any atom is -0.278 e. The number of amides is 1. The highest BCUT2D eigenvalue weighted by atomic mass is 35.5. The smallest absolute Gasteiger partial charge is 0.274 e. The second-order valence-corrected chi connectivity index (χ2v) is 8.56. The lowest BCUT2D eigenvalue weighted by atomic mass is 9.94. The van der Waals surface area contributed by atoms with Crippen molar-refractivity contribution < 1.29 is 9.72 Å². The van der Waals surface area contributed by atoms with Crippen molar-refractivity contribution >= 4 is 46.5 Å². The monoisotopic (exact) mass is 450 g/mol. The maximum Gasteiger partial charge on any atom is 0.274 e. The maximum atomic E-state index is 12.6. The van der Waals surface area contributed by atoms with Gasteiger partial charge in [-0.05, 0) is 24.3 Å². The summed E-state index contributed by atoms with van der Waals surface area (Å²) in [5.74, 6) is 0.115. The summed E-state index contributed by atoms with van der Waals surface area (Å²) in [6, 6.07) is 21.1. The molecule has 1 saturated heterocycles. The molecule has 0 aliphatic carbocycles. The first kappa shape index (κ1) is 19.6. The van der Waals surface area contributed by atoms with Crippen LogP contribution in [-0.2, 0) is 4.79 Å². The number of aliphatic imine (C=N–C) groups is 1. The molecule has 3 aromatic carbocycles.